The summed E-state index contributed by atoms with van der Waals surface area (Å²) in [6, 6.07) is 8.30. The third-order valence-corrected chi connectivity index (χ3v) is 4.42. The van der Waals surface area contributed by atoms with Gasteiger partial charge in [0.2, 0.25) is 0 Å². The number of carbonyl (C=O) groups is 1. The molecule has 0 aromatic heterocycles. The third kappa shape index (κ3) is 6.82. The zero-order valence-corrected chi connectivity index (χ0v) is 11.4. The highest BCUT2D eigenvalue weighted by atomic mass is 32.2. The van der Waals surface area contributed by atoms with Crippen molar-refractivity contribution in [3.8, 4) is 0 Å². The molecule has 5 heteroatoms. The number of hydrogen-bond donors (Lipinski definition) is 0. The number of ether oxygens (including phenoxy) is 1. The Labute approximate surface area is 123 Å². The average Bonchev–Trinajstić information content (AvgIpc) is 2.35. The van der Waals surface area contributed by atoms with Gasteiger partial charge in [0.15, 0.2) is 9.84 Å². The molecule has 0 heterocycles. The molecule has 0 aliphatic carbocycles. The molecule has 0 radical (unpaired) electrons. The lowest BCUT2D eigenvalue weighted by molar-refractivity contribution is -0.119. The van der Waals surface area contributed by atoms with Gasteiger partial charge in [0, 0.05) is 13.5 Å². The number of sulfone groups is 1. The highest BCUT2D eigenvalue weighted by Gasteiger charge is 2.18. The van der Waals surface area contributed by atoms with E-state index in [4.69, 9.17) is 4.74 Å². The highest BCUT2D eigenvalue weighted by molar-refractivity contribution is 7.91. The normalized spacial score (nSPS) is 11.9. The molecule has 20 heavy (non-hydrogen) atoms. The summed E-state index contributed by atoms with van der Waals surface area (Å²) in [6.07, 6.45) is 0.245. The summed E-state index contributed by atoms with van der Waals surface area (Å²) in [6.45, 7) is 1.47. The standard InChI is InChI=1S/C13H18O4S.2CH4/c1-11(14)10-12(17-2)8-9-18(15,16)13-6-4-3-5-7-13;;/h3-7,12H,8-10H2,1-2H3;2*1H4. The zero-order valence-electron chi connectivity index (χ0n) is 10.6. The molecule has 0 fully saturated rings. The van der Waals surface area contributed by atoms with Crippen molar-refractivity contribution in [1.29, 1.82) is 0 Å². The fourth-order valence-electron chi connectivity index (χ4n) is 1.66. The van der Waals surface area contributed by atoms with Crippen molar-refractivity contribution in [2.24, 2.45) is 0 Å². The number of benzene rings is 1. The summed E-state index contributed by atoms with van der Waals surface area (Å²) < 4.78 is 29.1. The van der Waals surface area contributed by atoms with Crippen LogP contribution in [0.1, 0.15) is 34.6 Å². The predicted octanol–water partition coefficient (Wildman–Crippen LogP) is 3.12. The summed E-state index contributed by atoms with van der Waals surface area (Å²) >= 11 is 0. The molecule has 1 aromatic carbocycles. The number of Topliss-reactive ketones (excluding diaryl/α,β-unsaturated/α-hetero) is 1. The minimum atomic E-state index is -3.29. The van der Waals surface area contributed by atoms with E-state index in [2.05, 4.69) is 0 Å². The van der Waals surface area contributed by atoms with Gasteiger partial charge in [-0.1, -0.05) is 33.1 Å². The molecular formula is C15H26O4S. The van der Waals surface area contributed by atoms with Crippen molar-refractivity contribution in [2.75, 3.05) is 12.9 Å². The van der Waals surface area contributed by atoms with E-state index in [0.717, 1.165) is 0 Å². The molecular weight excluding hydrogens is 276 g/mol. The van der Waals surface area contributed by atoms with Gasteiger partial charge in [-0.05, 0) is 25.5 Å². The minimum absolute atomic E-state index is 0. The molecule has 0 N–H and O–H groups in total. The first kappa shape index (κ1) is 21.1. The molecule has 1 atom stereocenters. The van der Waals surface area contributed by atoms with E-state index in [9.17, 15) is 13.2 Å². The molecule has 0 saturated heterocycles. The van der Waals surface area contributed by atoms with Crippen LogP contribution >= 0.6 is 0 Å². The van der Waals surface area contributed by atoms with Gasteiger partial charge in [-0.25, -0.2) is 8.42 Å². The summed E-state index contributed by atoms with van der Waals surface area (Å²) in [5, 5.41) is 0. The van der Waals surface area contributed by atoms with Gasteiger partial charge < -0.3 is 4.74 Å². The van der Waals surface area contributed by atoms with E-state index in [-0.39, 0.29) is 38.9 Å². The SMILES string of the molecule is C.C.COC(CCS(=O)(=O)c1ccccc1)CC(C)=O. The van der Waals surface area contributed by atoms with Crippen LogP contribution in [0.15, 0.2) is 35.2 Å². The smallest absolute Gasteiger partial charge is 0.178 e. The van der Waals surface area contributed by atoms with E-state index in [0.29, 0.717) is 11.3 Å². The van der Waals surface area contributed by atoms with Gasteiger partial charge in [-0.2, -0.15) is 0 Å². The highest BCUT2D eigenvalue weighted by Crippen LogP contribution is 2.14. The first-order chi connectivity index (χ1) is 8.45. The largest absolute Gasteiger partial charge is 0.381 e. The van der Waals surface area contributed by atoms with Crippen LogP contribution in [0.5, 0.6) is 0 Å². The van der Waals surface area contributed by atoms with Gasteiger partial charge in [0.1, 0.15) is 5.78 Å². The molecule has 0 amide bonds. The van der Waals surface area contributed by atoms with Crippen LogP contribution < -0.4 is 0 Å². The Balaban J connectivity index is 0. The van der Waals surface area contributed by atoms with Crippen molar-refractivity contribution in [1.82, 2.24) is 0 Å². The number of methoxy groups -OCH3 is 1. The Bertz CT molecular complexity index is 480. The average molecular weight is 302 g/mol. The maximum absolute atomic E-state index is 12.0. The van der Waals surface area contributed by atoms with Gasteiger partial charge in [0.25, 0.3) is 0 Å². The summed E-state index contributed by atoms with van der Waals surface area (Å²) in [5.41, 5.74) is 0. The van der Waals surface area contributed by atoms with Gasteiger partial charge in [-0.15, -0.1) is 0 Å². The molecule has 1 rings (SSSR count). The maximum Gasteiger partial charge on any atom is 0.178 e. The second-order valence-corrected chi connectivity index (χ2v) is 6.29. The maximum atomic E-state index is 12.0. The van der Waals surface area contributed by atoms with Crippen molar-refractivity contribution < 1.29 is 17.9 Å². The molecule has 116 valence electrons. The number of ketones is 1. The van der Waals surface area contributed by atoms with Gasteiger partial charge in [0.05, 0.1) is 16.8 Å². The molecule has 0 aliphatic heterocycles. The third-order valence-electron chi connectivity index (χ3n) is 2.66. The number of rotatable bonds is 7. The molecule has 0 spiro atoms. The van der Waals surface area contributed by atoms with Crippen LogP contribution in [0.25, 0.3) is 0 Å². The van der Waals surface area contributed by atoms with Crippen LogP contribution in [0.3, 0.4) is 0 Å². The second kappa shape index (κ2) is 9.66. The zero-order chi connectivity index (χ0) is 13.6. The number of carbonyl (C=O) groups excluding carboxylic acids is 1. The fourth-order valence-corrected chi connectivity index (χ4v) is 3.04. The van der Waals surface area contributed by atoms with Crippen LogP contribution in [0.4, 0.5) is 0 Å². The van der Waals surface area contributed by atoms with Crippen LogP contribution in [-0.2, 0) is 19.4 Å². The monoisotopic (exact) mass is 302 g/mol. The molecule has 1 unspecified atom stereocenters. The Morgan fingerprint density at radius 2 is 1.75 bits per heavy atom. The van der Waals surface area contributed by atoms with Crippen molar-refractivity contribution in [3.05, 3.63) is 30.3 Å². The lowest BCUT2D eigenvalue weighted by Gasteiger charge is -2.13. The topological polar surface area (TPSA) is 60.4 Å². The lowest BCUT2D eigenvalue weighted by atomic mass is 10.1. The van der Waals surface area contributed by atoms with E-state index in [1.54, 1.807) is 30.3 Å². The molecule has 0 aliphatic rings. The van der Waals surface area contributed by atoms with E-state index in [1.807, 2.05) is 0 Å². The molecule has 0 saturated carbocycles. The second-order valence-electron chi connectivity index (χ2n) is 4.18. The summed E-state index contributed by atoms with van der Waals surface area (Å²) in [4.78, 5) is 11.3. The van der Waals surface area contributed by atoms with Crippen molar-refractivity contribution in [2.45, 2.75) is 45.6 Å². The predicted molar refractivity (Wildman–Crippen MR) is 82.7 cm³/mol. The molecule has 1 aromatic rings. The minimum Gasteiger partial charge on any atom is -0.381 e. The number of hydrogen-bond acceptors (Lipinski definition) is 4. The Kier molecular flexibility index (Phi) is 10.2. The van der Waals surface area contributed by atoms with E-state index >= 15 is 0 Å². The van der Waals surface area contributed by atoms with Crippen molar-refractivity contribution >= 4 is 15.6 Å². The van der Waals surface area contributed by atoms with Gasteiger partial charge in [-0.3, -0.25) is 4.79 Å². The van der Waals surface area contributed by atoms with Crippen LogP contribution in [-0.4, -0.2) is 33.2 Å². The molecule has 4 nitrogen and oxygen atoms in total. The first-order valence-electron chi connectivity index (χ1n) is 5.75. The van der Waals surface area contributed by atoms with E-state index < -0.39 is 9.84 Å². The first-order valence-corrected chi connectivity index (χ1v) is 7.41. The lowest BCUT2D eigenvalue weighted by Crippen LogP contribution is -2.19. The van der Waals surface area contributed by atoms with Gasteiger partial charge >= 0.3 is 0 Å². The Morgan fingerprint density at radius 1 is 1.20 bits per heavy atom. The summed E-state index contributed by atoms with van der Waals surface area (Å²) in [7, 11) is -1.80. The molecule has 0 bridgehead atoms. The fraction of sp³-hybridized carbons (Fsp3) is 0.533. The Hall–Kier alpha value is -1.20. The summed E-state index contributed by atoms with van der Waals surface area (Å²) in [5.74, 6) is -0.0121. The Morgan fingerprint density at radius 3 is 2.20 bits per heavy atom. The van der Waals surface area contributed by atoms with Crippen molar-refractivity contribution in [3.63, 3.8) is 0 Å². The van der Waals surface area contributed by atoms with Crippen LogP contribution in [0.2, 0.25) is 0 Å². The van der Waals surface area contributed by atoms with E-state index in [1.165, 1.54) is 14.0 Å². The van der Waals surface area contributed by atoms with Crippen LogP contribution in [0, 0.1) is 0 Å². The quantitative estimate of drug-likeness (QED) is 0.776.